The first-order valence-electron chi connectivity index (χ1n) is 6.38. The van der Waals surface area contributed by atoms with Crippen molar-refractivity contribution in [1.82, 2.24) is 5.32 Å². The van der Waals surface area contributed by atoms with Crippen LogP contribution in [0, 0.1) is 6.92 Å². The third-order valence-corrected chi connectivity index (χ3v) is 2.96. The second-order valence-electron chi connectivity index (χ2n) is 4.69. The van der Waals surface area contributed by atoms with Gasteiger partial charge in [0.25, 0.3) is 5.91 Å². The molecule has 104 valence electrons. The number of hydrogen-bond acceptors (Lipinski definition) is 3. The Balaban J connectivity index is 1.98. The zero-order valence-corrected chi connectivity index (χ0v) is 11.2. The fourth-order valence-corrected chi connectivity index (χ4v) is 1.98. The van der Waals surface area contributed by atoms with E-state index in [9.17, 15) is 15.0 Å². The standard InChI is InChI=1S/C16H17NO3/c1-11-7-13(9-14(18)8-11)16(20)17-10-15(19)12-5-3-2-4-6-12/h2-9,15,18-19H,10H2,1H3,(H,17,20). The smallest absolute Gasteiger partial charge is 0.251 e. The Labute approximate surface area is 117 Å². The van der Waals surface area contributed by atoms with Crippen molar-refractivity contribution in [2.75, 3.05) is 6.54 Å². The number of carbonyl (C=O) groups excluding carboxylic acids is 1. The number of nitrogens with one attached hydrogen (secondary N) is 1. The number of aliphatic hydroxyl groups is 1. The number of amides is 1. The van der Waals surface area contributed by atoms with Gasteiger partial charge in [-0.15, -0.1) is 0 Å². The highest BCUT2D eigenvalue weighted by atomic mass is 16.3. The monoisotopic (exact) mass is 271 g/mol. The number of hydrogen-bond donors (Lipinski definition) is 3. The van der Waals surface area contributed by atoms with Crippen LogP contribution in [0.1, 0.15) is 27.6 Å². The summed E-state index contributed by atoms with van der Waals surface area (Å²) in [5.41, 5.74) is 1.93. The van der Waals surface area contributed by atoms with E-state index >= 15 is 0 Å². The van der Waals surface area contributed by atoms with Crippen LogP contribution < -0.4 is 5.32 Å². The number of carbonyl (C=O) groups is 1. The Morgan fingerprint density at radius 1 is 1.20 bits per heavy atom. The van der Waals surface area contributed by atoms with Crippen LogP contribution in [-0.2, 0) is 0 Å². The maximum Gasteiger partial charge on any atom is 0.251 e. The van der Waals surface area contributed by atoms with Crippen molar-refractivity contribution < 1.29 is 15.0 Å². The van der Waals surface area contributed by atoms with Gasteiger partial charge in [0.15, 0.2) is 0 Å². The summed E-state index contributed by atoms with van der Waals surface area (Å²) in [6, 6.07) is 13.8. The van der Waals surface area contributed by atoms with E-state index in [2.05, 4.69) is 5.32 Å². The third-order valence-electron chi connectivity index (χ3n) is 2.96. The SMILES string of the molecule is Cc1cc(O)cc(C(=O)NCC(O)c2ccccc2)c1. The first-order valence-corrected chi connectivity index (χ1v) is 6.38. The maximum absolute atomic E-state index is 12.0. The molecular weight excluding hydrogens is 254 g/mol. The molecule has 2 aromatic rings. The van der Waals surface area contributed by atoms with Crippen LogP contribution in [0.25, 0.3) is 0 Å². The van der Waals surface area contributed by atoms with Crippen molar-refractivity contribution in [3.63, 3.8) is 0 Å². The molecule has 0 aliphatic carbocycles. The third kappa shape index (κ3) is 3.59. The fraction of sp³-hybridized carbons (Fsp3) is 0.188. The molecule has 20 heavy (non-hydrogen) atoms. The summed E-state index contributed by atoms with van der Waals surface area (Å²) < 4.78 is 0. The van der Waals surface area contributed by atoms with Crippen molar-refractivity contribution >= 4 is 5.91 Å². The molecule has 1 atom stereocenters. The number of benzene rings is 2. The second kappa shape index (κ2) is 6.21. The lowest BCUT2D eigenvalue weighted by atomic mass is 10.1. The Kier molecular flexibility index (Phi) is 4.38. The van der Waals surface area contributed by atoms with Gasteiger partial charge in [-0.3, -0.25) is 4.79 Å². The summed E-state index contributed by atoms with van der Waals surface area (Å²) in [6.45, 7) is 1.92. The molecule has 0 bridgehead atoms. The largest absolute Gasteiger partial charge is 0.508 e. The molecule has 1 unspecified atom stereocenters. The van der Waals surface area contributed by atoms with E-state index in [1.807, 2.05) is 18.2 Å². The Morgan fingerprint density at radius 3 is 2.55 bits per heavy atom. The molecule has 0 saturated heterocycles. The topological polar surface area (TPSA) is 69.6 Å². The van der Waals surface area contributed by atoms with Gasteiger partial charge in [-0.2, -0.15) is 0 Å². The molecule has 4 heteroatoms. The van der Waals surface area contributed by atoms with Gasteiger partial charge < -0.3 is 15.5 Å². The van der Waals surface area contributed by atoms with Gasteiger partial charge >= 0.3 is 0 Å². The molecule has 1 amide bonds. The highest BCUT2D eigenvalue weighted by Gasteiger charge is 2.11. The van der Waals surface area contributed by atoms with Crippen LogP contribution in [0.15, 0.2) is 48.5 Å². The van der Waals surface area contributed by atoms with Gasteiger partial charge in [0.2, 0.25) is 0 Å². The average molecular weight is 271 g/mol. The Hall–Kier alpha value is -2.33. The summed E-state index contributed by atoms with van der Waals surface area (Å²) in [6.07, 6.45) is -0.751. The minimum absolute atomic E-state index is 0.0544. The lowest BCUT2D eigenvalue weighted by Crippen LogP contribution is -2.28. The molecule has 0 aliphatic heterocycles. The van der Waals surface area contributed by atoms with E-state index in [1.165, 1.54) is 6.07 Å². The van der Waals surface area contributed by atoms with Crippen molar-refractivity contribution in [3.8, 4) is 5.75 Å². The van der Waals surface area contributed by atoms with Crippen LogP contribution in [-0.4, -0.2) is 22.7 Å². The van der Waals surface area contributed by atoms with E-state index in [-0.39, 0.29) is 18.2 Å². The molecule has 0 saturated carbocycles. The molecule has 0 fully saturated rings. The van der Waals surface area contributed by atoms with Crippen LogP contribution in [0.4, 0.5) is 0 Å². The molecule has 3 N–H and O–H groups in total. The number of aliphatic hydroxyl groups excluding tert-OH is 1. The number of aromatic hydroxyl groups is 1. The predicted octanol–water partition coefficient (Wildman–Crippen LogP) is 2.16. The average Bonchev–Trinajstić information content (AvgIpc) is 2.44. The predicted molar refractivity (Wildman–Crippen MR) is 76.6 cm³/mol. The zero-order valence-electron chi connectivity index (χ0n) is 11.2. The highest BCUT2D eigenvalue weighted by Crippen LogP contribution is 2.15. The van der Waals surface area contributed by atoms with E-state index < -0.39 is 6.10 Å². The van der Waals surface area contributed by atoms with E-state index in [0.29, 0.717) is 5.56 Å². The summed E-state index contributed by atoms with van der Waals surface area (Å²) >= 11 is 0. The molecule has 0 spiro atoms. The normalized spacial score (nSPS) is 11.9. The van der Waals surface area contributed by atoms with Gasteiger partial charge in [-0.25, -0.2) is 0 Å². The molecule has 2 rings (SSSR count). The Morgan fingerprint density at radius 2 is 1.90 bits per heavy atom. The number of aryl methyl sites for hydroxylation is 1. The van der Waals surface area contributed by atoms with Gasteiger partial charge in [-0.1, -0.05) is 30.3 Å². The van der Waals surface area contributed by atoms with Crippen molar-refractivity contribution in [1.29, 1.82) is 0 Å². The first kappa shape index (κ1) is 14.1. The highest BCUT2D eigenvalue weighted by molar-refractivity contribution is 5.94. The molecular formula is C16H17NO3. The fourth-order valence-electron chi connectivity index (χ4n) is 1.98. The number of rotatable bonds is 4. The minimum atomic E-state index is -0.751. The summed E-state index contributed by atoms with van der Waals surface area (Å²) in [7, 11) is 0. The minimum Gasteiger partial charge on any atom is -0.508 e. The first-order chi connectivity index (χ1) is 9.56. The molecule has 0 aromatic heterocycles. The van der Waals surface area contributed by atoms with Crippen molar-refractivity contribution in [3.05, 3.63) is 65.2 Å². The van der Waals surface area contributed by atoms with Crippen molar-refractivity contribution in [2.24, 2.45) is 0 Å². The maximum atomic E-state index is 12.0. The number of phenolic OH excluding ortho intramolecular Hbond substituents is 1. The molecule has 2 aromatic carbocycles. The lowest BCUT2D eigenvalue weighted by Gasteiger charge is -2.12. The van der Waals surface area contributed by atoms with Crippen LogP contribution in [0.2, 0.25) is 0 Å². The second-order valence-corrected chi connectivity index (χ2v) is 4.69. The van der Waals surface area contributed by atoms with Crippen LogP contribution in [0.5, 0.6) is 5.75 Å². The lowest BCUT2D eigenvalue weighted by molar-refractivity contribution is 0.0916. The van der Waals surface area contributed by atoms with Gasteiger partial charge in [0.05, 0.1) is 6.10 Å². The quantitative estimate of drug-likeness (QED) is 0.798. The molecule has 4 nitrogen and oxygen atoms in total. The van der Waals surface area contributed by atoms with E-state index in [4.69, 9.17) is 0 Å². The Bertz CT molecular complexity index is 576. The van der Waals surface area contributed by atoms with Crippen LogP contribution in [0.3, 0.4) is 0 Å². The number of phenols is 1. The summed E-state index contributed by atoms with van der Waals surface area (Å²) in [5, 5.41) is 22.1. The zero-order chi connectivity index (χ0) is 14.5. The van der Waals surface area contributed by atoms with Gasteiger partial charge in [0, 0.05) is 12.1 Å². The molecule has 0 radical (unpaired) electrons. The van der Waals surface area contributed by atoms with Gasteiger partial charge in [0.1, 0.15) is 5.75 Å². The van der Waals surface area contributed by atoms with E-state index in [0.717, 1.165) is 11.1 Å². The molecule has 0 aliphatic rings. The van der Waals surface area contributed by atoms with Crippen LogP contribution >= 0.6 is 0 Å². The summed E-state index contributed by atoms with van der Waals surface area (Å²) in [4.78, 5) is 12.0. The van der Waals surface area contributed by atoms with Crippen molar-refractivity contribution in [2.45, 2.75) is 13.0 Å². The molecule has 0 heterocycles. The summed E-state index contributed by atoms with van der Waals surface area (Å²) in [5.74, 6) is -0.266. The van der Waals surface area contributed by atoms with Gasteiger partial charge in [-0.05, 0) is 36.2 Å². The van der Waals surface area contributed by atoms with E-state index in [1.54, 1.807) is 31.2 Å².